The Kier molecular flexibility index (Phi) is 12.4. The third-order valence-corrected chi connectivity index (χ3v) is 5.03. The van der Waals surface area contributed by atoms with Crippen LogP contribution in [0.3, 0.4) is 0 Å². The molecule has 2 atom stereocenters. The van der Waals surface area contributed by atoms with Crippen molar-refractivity contribution in [2.45, 2.75) is 46.6 Å². The van der Waals surface area contributed by atoms with Gasteiger partial charge >= 0.3 is 0 Å². The summed E-state index contributed by atoms with van der Waals surface area (Å²) in [6.07, 6.45) is 2.68. The first-order valence-electron chi connectivity index (χ1n) is 10.7. The van der Waals surface area contributed by atoms with E-state index in [9.17, 15) is 0 Å². The first kappa shape index (κ1) is 25.8. The zero-order valence-corrected chi connectivity index (χ0v) is 21.0. The van der Waals surface area contributed by atoms with Crippen molar-refractivity contribution in [2.24, 2.45) is 10.9 Å². The van der Waals surface area contributed by atoms with Crippen molar-refractivity contribution in [1.29, 1.82) is 0 Å². The maximum atomic E-state index is 5.75. The fourth-order valence-corrected chi connectivity index (χ4v) is 3.56. The Morgan fingerprint density at radius 2 is 1.76 bits per heavy atom. The van der Waals surface area contributed by atoms with Crippen molar-refractivity contribution in [2.75, 3.05) is 46.4 Å². The number of hydrogen-bond donors (Lipinski definition) is 2. The van der Waals surface area contributed by atoms with Gasteiger partial charge in [-0.3, -0.25) is 4.99 Å². The predicted molar refractivity (Wildman–Crippen MR) is 132 cm³/mol. The Bertz CT molecular complexity index is 621. The number of aliphatic imine (C=N–C) groups is 1. The van der Waals surface area contributed by atoms with Crippen molar-refractivity contribution >= 4 is 29.9 Å². The lowest BCUT2D eigenvalue weighted by Crippen LogP contribution is -2.42. The first-order valence-corrected chi connectivity index (χ1v) is 10.7. The Balaban J connectivity index is 0.00000420. The van der Waals surface area contributed by atoms with Crippen molar-refractivity contribution in [3.63, 3.8) is 0 Å². The van der Waals surface area contributed by atoms with E-state index < -0.39 is 0 Å². The SMILES string of the molecule is CCOc1ccc(C(C)NC(=NC)NCC(C)CN2CCCC2)cc1OCC.I. The van der Waals surface area contributed by atoms with E-state index in [0.717, 1.165) is 36.1 Å². The normalized spacial score (nSPS) is 16.7. The van der Waals surface area contributed by atoms with Gasteiger partial charge in [0, 0.05) is 20.1 Å². The molecule has 0 spiro atoms. The maximum Gasteiger partial charge on any atom is 0.191 e. The van der Waals surface area contributed by atoms with E-state index in [2.05, 4.69) is 46.5 Å². The van der Waals surface area contributed by atoms with E-state index in [1.54, 1.807) is 0 Å². The molecule has 1 fully saturated rings. The Morgan fingerprint density at radius 1 is 1.10 bits per heavy atom. The summed E-state index contributed by atoms with van der Waals surface area (Å²) in [5, 5.41) is 6.95. The fourth-order valence-electron chi connectivity index (χ4n) is 3.56. The van der Waals surface area contributed by atoms with E-state index in [0.29, 0.717) is 19.1 Å². The number of rotatable bonds is 10. The summed E-state index contributed by atoms with van der Waals surface area (Å²) in [6, 6.07) is 6.22. The van der Waals surface area contributed by atoms with E-state index in [1.165, 1.54) is 25.9 Å². The predicted octanol–water partition coefficient (Wildman–Crippen LogP) is 4.06. The molecule has 2 rings (SSSR count). The van der Waals surface area contributed by atoms with Crippen LogP contribution < -0.4 is 20.1 Å². The molecule has 0 aromatic heterocycles. The highest BCUT2D eigenvalue weighted by Gasteiger charge is 2.16. The molecule has 1 aromatic carbocycles. The minimum Gasteiger partial charge on any atom is -0.490 e. The molecule has 0 radical (unpaired) electrons. The van der Waals surface area contributed by atoms with E-state index >= 15 is 0 Å². The summed E-state index contributed by atoms with van der Waals surface area (Å²) in [6.45, 7) is 14.2. The molecule has 166 valence electrons. The van der Waals surface area contributed by atoms with Crippen molar-refractivity contribution in [3.8, 4) is 11.5 Å². The van der Waals surface area contributed by atoms with Crippen LogP contribution in [0.4, 0.5) is 0 Å². The molecule has 2 unspecified atom stereocenters. The van der Waals surface area contributed by atoms with E-state index in [-0.39, 0.29) is 30.0 Å². The zero-order chi connectivity index (χ0) is 20.4. The molecular formula is C22H39IN4O2. The highest BCUT2D eigenvalue weighted by Crippen LogP contribution is 2.30. The zero-order valence-electron chi connectivity index (χ0n) is 18.7. The fraction of sp³-hybridized carbons (Fsp3) is 0.682. The number of nitrogens with zero attached hydrogens (tertiary/aromatic N) is 2. The second kappa shape index (κ2) is 13.9. The number of hydrogen-bond acceptors (Lipinski definition) is 4. The smallest absolute Gasteiger partial charge is 0.191 e. The molecule has 1 heterocycles. The standard InChI is InChI=1S/C22H38N4O2.HI/c1-6-27-20-11-10-19(14-21(20)28-7-2)18(4)25-22(23-5)24-15-17(3)16-26-12-8-9-13-26;/h10-11,14,17-18H,6-9,12-13,15-16H2,1-5H3,(H2,23,24,25);1H. The third-order valence-electron chi connectivity index (χ3n) is 5.03. The lowest BCUT2D eigenvalue weighted by atomic mass is 10.1. The summed E-state index contributed by atoms with van der Waals surface area (Å²) in [7, 11) is 1.82. The Hall–Kier alpha value is -1.22. The highest BCUT2D eigenvalue weighted by atomic mass is 127. The Labute approximate surface area is 193 Å². The number of guanidine groups is 1. The Morgan fingerprint density at radius 3 is 2.38 bits per heavy atom. The van der Waals surface area contributed by atoms with Gasteiger partial charge in [0.2, 0.25) is 0 Å². The van der Waals surface area contributed by atoms with Gasteiger partial charge in [0.1, 0.15) is 0 Å². The van der Waals surface area contributed by atoms with E-state index in [4.69, 9.17) is 9.47 Å². The largest absolute Gasteiger partial charge is 0.490 e. The topological polar surface area (TPSA) is 58.1 Å². The lowest BCUT2D eigenvalue weighted by Gasteiger charge is -2.23. The average molecular weight is 518 g/mol. The third kappa shape index (κ3) is 8.58. The number of halogens is 1. The van der Waals surface area contributed by atoms with Gasteiger partial charge in [-0.15, -0.1) is 24.0 Å². The number of ether oxygens (including phenoxy) is 2. The van der Waals surface area contributed by atoms with Gasteiger partial charge in [0.05, 0.1) is 19.3 Å². The van der Waals surface area contributed by atoms with Gasteiger partial charge in [-0.25, -0.2) is 0 Å². The highest BCUT2D eigenvalue weighted by molar-refractivity contribution is 14.0. The van der Waals surface area contributed by atoms with Gasteiger partial charge in [-0.1, -0.05) is 13.0 Å². The number of nitrogens with one attached hydrogen (secondary N) is 2. The molecule has 1 aliphatic heterocycles. The van der Waals surface area contributed by atoms with Crippen LogP contribution in [0.5, 0.6) is 11.5 Å². The summed E-state index contributed by atoms with van der Waals surface area (Å²) in [4.78, 5) is 6.94. The molecule has 2 N–H and O–H groups in total. The number of benzene rings is 1. The van der Waals surface area contributed by atoms with Crippen molar-refractivity contribution < 1.29 is 9.47 Å². The van der Waals surface area contributed by atoms with Crippen LogP contribution in [0.2, 0.25) is 0 Å². The molecule has 0 amide bonds. The van der Waals surface area contributed by atoms with Gasteiger partial charge in [-0.05, 0) is 70.3 Å². The minimum absolute atomic E-state index is 0. The summed E-state index contributed by atoms with van der Waals surface area (Å²) >= 11 is 0. The first-order chi connectivity index (χ1) is 13.6. The van der Waals surface area contributed by atoms with Crippen molar-refractivity contribution in [1.82, 2.24) is 15.5 Å². The molecule has 1 saturated heterocycles. The average Bonchev–Trinajstić information content (AvgIpc) is 3.19. The molecule has 29 heavy (non-hydrogen) atoms. The second-order valence-corrected chi connectivity index (χ2v) is 7.50. The van der Waals surface area contributed by atoms with Crippen LogP contribution in [0, 0.1) is 5.92 Å². The van der Waals surface area contributed by atoms with Gasteiger partial charge in [0.15, 0.2) is 17.5 Å². The molecular weight excluding hydrogens is 479 g/mol. The van der Waals surface area contributed by atoms with Crippen LogP contribution in [0.25, 0.3) is 0 Å². The summed E-state index contributed by atoms with van der Waals surface area (Å²) in [5.74, 6) is 2.99. The monoisotopic (exact) mass is 518 g/mol. The second-order valence-electron chi connectivity index (χ2n) is 7.50. The van der Waals surface area contributed by atoms with E-state index in [1.807, 2.05) is 27.0 Å². The summed E-state index contributed by atoms with van der Waals surface area (Å²) < 4.78 is 11.4. The van der Waals surface area contributed by atoms with Gasteiger partial charge in [-0.2, -0.15) is 0 Å². The van der Waals surface area contributed by atoms with Crippen LogP contribution in [0.1, 0.15) is 52.1 Å². The van der Waals surface area contributed by atoms with Crippen LogP contribution in [-0.4, -0.2) is 57.3 Å². The molecule has 1 aromatic rings. The lowest BCUT2D eigenvalue weighted by molar-refractivity contribution is 0.287. The van der Waals surface area contributed by atoms with Crippen LogP contribution >= 0.6 is 24.0 Å². The molecule has 0 aliphatic carbocycles. The molecule has 0 bridgehead atoms. The molecule has 0 saturated carbocycles. The molecule has 1 aliphatic rings. The summed E-state index contributed by atoms with van der Waals surface area (Å²) in [5.41, 5.74) is 1.14. The van der Waals surface area contributed by atoms with Gasteiger partial charge in [0.25, 0.3) is 0 Å². The van der Waals surface area contributed by atoms with Crippen LogP contribution in [-0.2, 0) is 0 Å². The van der Waals surface area contributed by atoms with Crippen LogP contribution in [0.15, 0.2) is 23.2 Å². The van der Waals surface area contributed by atoms with Crippen molar-refractivity contribution in [3.05, 3.63) is 23.8 Å². The molecule has 7 heteroatoms. The van der Waals surface area contributed by atoms with Gasteiger partial charge < -0.3 is 25.0 Å². The molecule has 6 nitrogen and oxygen atoms in total. The number of likely N-dealkylation sites (tertiary alicyclic amines) is 1. The maximum absolute atomic E-state index is 5.75. The quantitative estimate of drug-likeness (QED) is 0.278. The minimum atomic E-state index is 0.